The number of rotatable bonds is 6. The van der Waals surface area contributed by atoms with Crippen LogP contribution in [0.4, 0.5) is 5.69 Å². The lowest BCUT2D eigenvalue weighted by molar-refractivity contribution is -0.116. The molecular formula is C19H24N2O3S. The molecule has 2 aromatic carbocycles. The third-order valence-corrected chi connectivity index (χ3v) is 5.68. The molecule has 0 radical (unpaired) electrons. The number of benzene rings is 2. The first-order valence-corrected chi connectivity index (χ1v) is 9.61. The van der Waals surface area contributed by atoms with Crippen LogP contribution in [-0.4, -0.2) is 27.4 Å². The van der Waals surface area contributed by atoms with E-state index >= 15 is 0 Å². The lowest BCUT2D eigenvalue weighted by Crippen LogP contribution is -2.38. The highest BCUT2D eigenvalue weighted by Crippen LogP contribution is 2.22. The number of hydrogen-bond donors (Lipinski definition) is 1. The van der Waals surface area contributed by atoms with Crippen LogP contribution < -0.4 is 9.62 Å². The van der Waals surface area contributed by atoms with Crippen molar-refractivity contribution in [3.05, 3.63) is 59.2 Å². The molecule has 2 rings (SSSR count). The van der Waals surface area contributed by atoms with Crippen LogP contribution in [0, 0.1) is 20.8 Å². The molecule has 134 valence electrons. The number of carbonyl (C=O) groups is 1. The quantitative estimate of drug-likeness (QED) is 0.861. The van der Waals surface area contributed by atoms with Gasteiger partial charge in [0.15, 0.2) is 0 Å². The fourth-order valence-electron chi connectivity index (χ4n) is 2.57. The third-order valence-electron chi connectivity index (χ3n) is 4.21. The second kappa shape index (κ2) is 7.80. The Bertz CT molecular complexity index is 859. The van der Waals surface area contributed by atoms with E-state index in [9.17, 15) is 13.2 Å². The molecule has 0 atom stereocenters. The summed E-state index contributed by atoms with van der Waals surface area (Å²) in [4.78, 5) is 13.8. The van der Waals surface area contributed by atoms with Crippen molar-refractivity contribution in [3.8, 4) is 0 Å². The minimum Gasteiger partial charge on any atom is -0.311 e. The first kappa shape index (κ1) is 19.1. The van der Waals surface area contributed by atoms with Crippen LogP contribution in [0.1, 0.15) is 23.6 Å². The zero-order valence-corrected chi connectivity index (χ0v) is 15.9. The maximum Gasteiger partial charge on any atom is 0.240 e. The number of aryl methyl sites for hydroxylation is 2. The summed E-state index contributed by atoms with van der Waals surface area (Å²) in [5, 5.41) is 0. The largest absolute Gasteiger partial charge is 0.311 e. The van der Waals surface area contributed by atoms with E-state index in [-0.39, 0.29) is 23.9 Å². The van der Waals surface area contributed by atoms with Gasteiger partial charge < -0.3 is 4.90 Å². The average Bonchev–Trinajstić information content (AvgIpc) is 2.55. The van der Waals surface area contributed by atoms with Crippen molar-refractivity contribution in [1.82, 2.24) is 4.72 Å². The Morgan fingerprint density at radius 1 is 1.04 bits per heavy atom. The van der Waals surface area contributed by atoms with Crippen LogP contribution >= 0.6 is 0 Å². The fourth-order valence-corrected chi connectivity index (χ4v) is 3.59. The lowest BCUT2D eigenvalue weighted by Gasteiger charge is -2.24. The maximum atomic E-state index is 12.3. The van der Waals surface area contributed by atoms with Gasteiger partial charge in [-0.25, -0.2) is 13.1 Å². The number of hydrogen-bond acceptors (Lipinski definition) is 3. The van der Waals surface area contributed by atoms with Gasteiger partial charge in [0, 0.05) is 25.7 Å². The smallest absolute Gasteiger partial charge is 0.240 e. The topological polar surface area (TPSA) is 66.5 Å². The Balaban J connectivity index is 2.11. The molecule has 2 aromatic rings. The van der Waals surface area contributed by atoms with Gasteiger partial charge in [0.1, 0.15) is 0 Å². The SMILES string of the molecule is CC(=O)N(CCNS(=O)(=O)c1ccc(C)cc1)c1cccc(C)c1C. The Hall–Kier alpha value is -2.18. The van der Waals surface area contributed by atoms with Gasteiger partial charge in [-0.3, -0.25) is 4.79 Å². The number of anilines is 1. The van der Waals surface area contributed by atoms with E-state index in [0.717, 1.165) is 22.4 Å². The van der Waals surface area contributed by atoms with E-state index in [4.69, 9.17) is 0 Å². The van der Waals surface area contributed by atoms with E-state index in [1.807, 2.05) is 39.0 Å². The summed E-state index contributed by atoms with van der Waals surface area (Å²) in [5.41, 5.74) is 3.90. The predicted octanol–water partition coefficient (Wildman–Crippen LogP) is 2.94. The normalized spacial score (nSPS) is 11.4. The Labute approximate surface area is 149 Å². The van der Waals surface area contributed by atoms with Crippen LogP contribution in [-0.2, 0) is 14.8 Å². The van der Waals surface area contributed by atoms with E-state index in [0.29, 0.717) is 0 Å². The molecule has 0 aliphatic rings. The molecule has 1 N–H and O–H groups in total. The zero-order chi connectivity index (χ0) is 18.6. The summed E-state index contributed by atoms with van der Waals surface area (Å²) in [6.07, 6.45) is 0. The second-order valence-electron chi connectivity index (χ2n) is 6.10. The summed E-state index contributed by atoms with van der Waals surface area (Å²) in [7, 11) is -3.59. The lowest BCUT2D eigenvalue weighted by atomic mass is 10.1. The van der Waals surface area contributed by atoms with Crippen molar-refractivity contribution in [1.29, 1.82) is 0 Å². The molecule has 0 unspecified atom stereocenters. The molecule has 0 bridgehead atoms. The molecule has 6 heteroatoms. The van der Waals surface area contributed by atoms with E-state index < -0.39 is 10.0 Å². The van der Waals surface area contributed by atoms with Crippen LogP contribution in [0.3, 0.4) is 0 Å². The molecule has 5 nitrogen and oxygen atoms in total. The molecule has 0 spiro atoms. The summed E-state index contributed by atoms with van der Waals surface area (Å²) in [6, 6.07) is 12.4. The summed E-state index contributed by atoms with van der Waals surface area (Å²) >= 11 is 0. The van der Waals surface area contributed by atoms with Gasteiger partial charge in [-0.15, -0.1) is 0 Å². The van der Waals surface area contributed by atoms with E-state index in [2.05, 4.69) is 4.72 Å². The molecular weight excluding hydrogens is 336 g/mol. The highest BCUT2D eigenvalue weighted by Gasteiger charge is 2.17. The van der Waals surface area contributed by atoms with E-state index in [1.54, 1.807) is 29.2 Å². The van der Waals surface area contributed by atoms with Crippen LogP contribution in [0.2, 0.25) is 0 Å². The molecule has 0 fully saturated rings. The van der Waals surface area contributed by atoms with Gasteiger partial charge >= 0.3 is 0 Å². The molecule has 0 aliphatic heterocycles. The number of nitrogens with zero attached hydrogens (tertiary/aromatic N) is 1. The second-order valence-corrected chi connectivity index (χ2v) is 7.87. The van der Waals surface area contributed by atoms with Crippen molar-refractivity contribution < 1.29 is 13.2 Å². The highest BCUT2D eigenvalue weighted by molar-refractivity contribution is 7.89. The van der Waals surface area contributed by atoms with Gasteiger partial charge in [0.05, 0.1) is 4.90 Å². The summed E-state index contributed by atoms with van der Waals surface area (Å²) in [6.45, 7) is 7.73. The van der Waals surface area contributed by atoms with Crippen molar-refractivity contribution in [2.75, 3.05) is 18.0 Å². The van der Waals surface area contributed by atoms with Gasteiger partial charge in [-0.2, -0.15) is 0 Å². The van der Waals surface area contributed by atoms with Crippen molar-refractivity contribution in [2.45, 2.75) is 32.6 Å². The fraction of sp³-hybridized carbons (Fsp3) is 0.316. The Morgan fingerprint density at radius 2 is 1.68 bits per heavy atom. The van der Waals surface area contributed by atoms with Crippen LogP contribution in [0.5, 0.6) is 0 Å². The van der Waals surface area contributed by atoms with Gasteiger partial charge in [0.25, 0.3) is 0 Å². The minimum atomic E-state index is -3.59. The molecule has 0 aliphatic carbocycles. The Morgan fingerprint density at radius 3 is 2.28 bits per heavy atom. The number of sulfonamides is 1. The molecule has 0 heterocycles. The van der Waals surface area contributed by atoms with Crippen LogP contribution in [0.15, 0.2) is 47.4 Å². The highest BCUT2D eigenvalue weighted by atomic mass is 32.2. The Kier molecular flexibility index (Phi) is 5.98. The first-order chi connectivity index (χ1) is 11.7. The van der Waals surface area contributed by atoms with Crippen molar-refractivity contribution >= 4 is 21.6 Å². The molecule has 0 saturated carbocycles. The van der Waals surface area contributed by atoms with Gasteiger partial charge in [-0.1, -0.05) is 29.8 Å². The molecule has 0 aromatic heterocycles. The third kappa shape index (κ3) is 4.67. The average molecular weight is 360 g/mol. The van der Waals surface area contributed by atoms with Crippen LogP contribution in [0.25, 0.3) is 0 Å². The predicted molar refractivity (Wildman–Crippen MR) is 100 cm³/mol. The van der Waals surface area contributed by atoms with E-state index in [1.165, 1.54) is 6.92 Å². The van der Waals surface area contributed by atoms with Crippen molar-refractivity contribution in [3.63, 3.8) is 0 Å². The van der Waals surface area contributed by atoms with Crippen molar-refractivity contribution in [2.24, 2.45) is 0 Å². The molecule has 0 saturated heterocycles. The first-order valence-electron chi connectivity index (χ1n) is 8.13. The summed E-state index contributed by atoms with van der Waals surface area (Å²) < 4.78 is 27.2. The van der Waals surface area contributed by atoms with Gasteiger partial charge in [-0.05, 0) is 50.1 Å². The monoisotopic (exact) mass is 360 g/mol. The molecule has 1 amide bonds. The number of nitrogens with one attached hydrogen (secondary N) is 1. The summed E-state index contributed by atoms with van der Waals surface area (Å²) in [5.74, 6) is -0.122. The van der Waals surface area contributed by atoms with Gasteiger partial charge in [0.2, 0.25) is 15.9 Å². The standard InChI is InChI=1S/C19H24N2O3S/c1-14-8-10-18(11-9-14)25(23,24)20-12-13-21(17(4)22)19-7-5-6-15(2)16(19)3/h5-11,20H,12-13H2,1-4H3. The maximum absolute atomic E-state index is 12.3. The zero-order valence-electron chi connectivity index (χ0n) is 15.0. The molecule has 25 heavy (non-hydrogen) atoms. The minimum absolute atomic E-state index is 0.122. The number of amides is 1. The number of carbonyl (C=O) groups excluding carboxylic acids is 1.